The van der Waals surface area contributed by atoms with E-state index in [-0.39, 0.29) is 5.78 Å². The quantitative estimate of drug-likeness (QED) is 0.710. The van der Waals surface area contributed by atoms with Crippen molar-refractivity contribution in [2.24, 2.45) is 0 Å². The second-order valence-electron chi connectivity index (χ2n) is 4.20. The second kappa shape index (κ2) is 3.57. The molecule has 1 aliphatic rings. The minimum atomic E-state index is 0.192. The smallest absolute Gasteiger partial charge is 0.165 e. The van der Waals surface area contributed by atoms with E-state index in [4.69, 9.17) is 5.73 Å². The van der Waals surface area contributed by atoms with Crippen molar-refractivity contribution in [1.82, 2.24) is 0 Å². The third-order valence-corrected chi connectivity index (χ3v) is 2.91. The third kappa shape index (κ3) is 1.58. The zero-order valence-electron chi connectivity index (χ0n) is 9.21. The Kier molecular flexibility index (Phi) is 2.39. The van der Waals surface area contributed by atoms with Gasteiger partial charge >= 0.3 is 0 Å². The molecule has 0 saturated heterocycles. The highest BCUT2D eigenvalue weighted by Gasteiger charge is 2.22. The minimum Gasteiger partial charge on any atom is -0.398 e. The Morgan fingerprint density at radius 2 is 2.00 bits per heavy atom. The number of hydrogen-bond donors (Lipinski definition) is 1. The summed E-state index contributed by atoms with van der Waals surface area (Å²) in [6, 6.07) is 3.82. The number of carbonyl (C=O) groups is 1. The summed E-state index contributed by atoms with van der Waals surface area (Å²) in [5.74, 6) is 0.192. The molecule has 1 aliphatic carbocycles. The molecule has 0 unspecified atom stereocenters. The number of benzene rings is 1. The molecule has 3 nitrogen and oxygen atoms in total. The fourth-order valence-electron chi connectivity index (χ4n) is 2.21. The predicted octanol–water partition coefficient (Wildman–Crippen LogP) is 1.85. The topological polar surface area (TPSA) is 46.3 Å². The molecule has 0 saturated carbocycles. The van der Waals surface area contributed by atoms with Crippen LogP contribution in [0.5, 0.6) is 0 Å². The number of rotatable bonds is 1. The zero-order chi connectivity index (χ0) is 11.0. The summed E-state index contributed by atoms with van der Waals surface area (Å²) in [5.41, 5.74) is 9.48. The number of ketones is 1. The first-order valence-corrected chi connectivity index (χ1v) is 5.23. The van der Waals surface area contributed by atoms with Gasteiger partial charge < -0.3 is 10.6 Å². The van der Waals surface area contributed by atoms with Gasteiger partial charge in [0.05, 0.1) is 0 Å². The van der Waals surface area contributed by atoms with Crippen LogP contribution in [0.2, 0.25) is 0 Å². The fraction of sp³-hybridized carbons (Fsp3) is 0.417. The molecule has 15 heavy (non-hydrogen) atoms. The van der Waals surface area contributed by atoms with E-state index in [2.05, 4.69) is 0 Å². The van der Waals surface area contributed by atoms with E-state index in [0.717, 1.165) is 29.7 Å². The number of nitrogens with two attached hydrogens (primary N) is 1. The molecular weight excluding hydrogens is 188 g/mol. The van der Waals surface area contributed by atoms with Crippen LogP contribution in [0.4, 0.5) is 11.4 Å². The van der Waals surface area contributed by atoms with Crippen LogP contribution < -0.4 is 10.6 Å². The van der Waals surface area contributed by atoms with Crippen molar-refractivity contribution in [3.05, 3.63) is 23.3 Å². The van der Waals surface area contributed by atoms with Crippen molar-refractivity contribution >= 4 is 17.2 Å². The Balaban J connectivity index is 2.64. The molecule has 0 amide bonds. The van der Waals surface area contributed by atoms with E-state index in [1.54, 1.807) is 0 Å². The number of nitrogens with zero attached hydrogens (tertiary/aromatic N) is 1. The Morgan fingerprint density at radius 3 is 2.67 bits per heavy atom. The normalized spacial score (nSPS) is 14.9. The molecular formula is C12H16N2O. The summed E-state index contributed by atoms with van der Waals surface area (Å²) >= 11 is 0. The van der Waals surface area contributed by atoms with E-state index >= 15 is 0 Å². The molecule has 2 N–H and O–H groups in total. The van der Waals surface area contributed by atoms with E-state index in [1.807, 2.05) is 31.1 Å². The molecule has 0 atom stereocenters. The van der Waals surface area contributed by atoms with Crippen LogP contribution >= 0.6 is 0 Å². The van der Waals surface area contributed by atoms with Crippen molar-refractivity contribution in [2.45, 2.75) is 19.3 Å². The average Bonchev–Trinajstić information content (AvgIpc) is 2.17. The Bertz CT molecular complexity index is 410. The van der Waals surface area contributed by atoms with Crippen molar-refractivity contribution in [1.29, 1.82) is 0 Å². The molecule has 0 heterocycles. The molecule has 0 spiro atoms. The van der Waals surface area contributed by atoms with Crippen LogP contribution in [0.1, 0.15) is 28.8 Å². The summed E-state index contributed by atoms with van der Waals surface area (Å²) in [7, 11) is 3.98. The lowest BCUT2D eigenvalue weighted by molar-refractivity contribution is 0.0973. The van der Waals surface area contributed by atoms with E-state index in [1.165, 1.54) is 0 Å². The predicted molar refractivity (Wildman–Crippen MR) is 62.4 cm³/mol. The number of anilines is 2. The lowest BCUT2D eigenvalue weighted by Gasteiger charge is -2.24. The van der Waals surface area contributed by atoms with Gasteiger partial charge in [0.1, 0.15) is 0 Å². The van der Waals surface area contributed by atoms with Crippen LogP contribution in [0.3, 0.4) is 0 Å². The molecule has 2 rings (SSSR count). The summed E-state index contributed by atoms with van der Waals surface area (Å²) in [6.07, 6.45) is 2.53. The van der Waals surface area contributed by atoms with Gasteiger partial charge in [-0.2, -0.15) is 0 Å². The number of fused-ring (bicyclic) bond motifs is 1. The molecule has 80 valence electrons. The van der Waals surface area contributed by atoms with Gasteiger partial charge in [-0.1, -0.05) is 0 Å². The molecule has 0 aliphatic heterocycles. The van der Waals surface area contributed by atoms with Crippen molar-refractivity contribution in [2.75, 3.05) is 24.7 Å². The molecule has 0 bridgehead atoms. The van der Waals surface area contributed by atoms with Crippen molar-refractivity contribution < 1.29 is 4.79 Å². The first-order chi connectivity index (χ1) is 7.11. The van der Waals surface area contributed by atoms with Crippen LogP contribution in [-0.2, 0) is 6.42 Å². The minimum absolute atomic E-state index is 0.192. The molecule has 0 aromatic heterocycles. The Morgan fingerprint density at radius 1 is 1.27 bits per heavy atom. The molecule has 1 aromatic carbocycles. The number of Topliss-reactive ketones (excluding diaryl/α,β-unsaturated/α-hetero) is 1. The van der Waals surface area contributed by atoms with Gasteiger partial charge in [-0.25, -0.2) is 0 Å². The van der Waals surface area contributed by atoms with Crippen LogP contribution in [-0.4, -0.2) is 19.9 Å². The van der Waals surface area contributed by atoms with Crippen LogP contribution in [0.15, 0.2) is 12.1 Å². The van der Waals surface area contributed by atoms with Gasteiger partial charge in [0.15, 0.2) is 5.78 Å². The standard InChI is InChI=1S/C12H16N2O/c1-14(2)10-7-6-9(13)12-8(10)4-3-5-11(12)15/h6-7H,3-5,13H2,1-2H3. The maximum Gasteiger partial charge on any atom is 0.165 e. The molecule has 3 heteroatoms. The van der Waals surface area contributed by atoms with Gasteiger partial charge in [0.25, 0.3) is 0 Å². The summed E-state index contributed by atoms with van der Waals surface area (Å²) in [5, 5.41) is 0. The molecule has 0 radical (unpaired) electrons. The number of carbonyl (C=O) groups excluding carboxylic acids is 1. The third-order valence-electron chi connectivity index (χ3n) is 2.91. The van der Waals surface area contributed by atoms with Gasteiger partial charge in [-0.05, 0) is 30.5 Å². The first kappa shape index (κ1) is 10.0. The Hall–Kier alpha value is -1.51. The second-order valence-corrected chi connectivity index (χ2v) is 4.20. The Labute approximate surface area is 89.9 Å². The summed E-state index contributed by atoms with van der Waals surface area (Å²) < 4.78 is 0. The van der Waals surface area contributed by atoms with Crippen molar-refractivity contribution in [3.8, 4) is 0 Å². The maximum absolute atomic E-state index is 11.8. The average molecular weight is 204 g/mol. The van der Waals surface area contributed by atoms with Crippen LogP contribution in [0, 0.1) is 0 Å². The highest BCUT2D eigenvalue weighted by Crippen LogP contribution is 2.33. The number of nitrogen functional groups attached to an aromatic ring is 1. The van der Waals surface area contributed by atoms with Gasteiger partial charge in [0, 0.05) is 37.5 Å². The highest BCUT2D eigenvalue weighted by atomic mass is 16.1. The van der Waals surface area contributed by atoms with Gasteiger partial charge in [-0.15, -0.1) is 0 Å². The van der Waals surface area contributed by atoms with Crippen molar-refractivity contribution in [3.63, 3.8) is 0 Å². The molecule has 1 aromatic rings. The zero-order valence-corrected chi connectivity index (χ0v) is 9.21. The molecule has 0 fully saturated rings. The first-order valence-electron chi connectivity index (χ1n) is 5.23. The largest absolute Gasteiger partial charge is 0.398 e. The van der Waals surface area contributed by atoms with E-state index < -0.39 is 0 Å². The van der Waals surface area contributed by atoms with Gasteiger partial charge in [-0.3, -0.25) is 4.79 Å². The van der Waals surface area contributed by atoms with E-state index in [0.29, 0.717) is 12.1 Å². The monoisotopic (exact) mass is 204 g/mol. The fourth-order valence-corrected chi connectivity index (χ4v) is 2.21. The maximum atomic E-state index is 11.8. The summed E-state index contributed by atoms with van der Waals surface area (Å²) in [4.78, 5) is 13.8. The lowest BCUT2D eigenvalue weighted by Crippen LogP contribution is -2.19. The SMILES string of the molecule is CN(C)c1ccc(N)c2c1CCCC2=O. The number of hydrogen-bond acceptors (Lipinski definition) is 3. The highest BCUT2D eigenvalue weighted by molar-refractivity contribution is 6.04. The van der Waals surface area contributed by atoms with E-state index in [9.17, 15) is 4.79 Å². The van der Waals surface area contributed by atoms with Gasteiger partial charge in [0.2, 0.25) is 0 Å². The van der Waals surface area contributed by atoms with Crippen LogP contribution in [0.25, 0.3) is 0 Å². The lowest BCUT2D eigenvalue weighted by atomic mass is 9.88. The summed E-state index contributed by atoms with van der Waals surface area (Å²) in [6.45, 7) is 0.